The van der Waals surface area contributed by atoms with Gasteiger partial charge in [-0.1, -0.05) is 46.3 Å². The molecule has 0 fully saturated rings. The van der Waals surface area contributed by atoms with Crippen LogP contribution in [0.4, 0.5) is 0 Å². The van der Waals surface area contributed by atoms with Crippen LogP contribution in [0.1, 0.15) is 21.7 Å². The maximum atomic E-state index is 3.75. The van der Waals surface area contributed by atoms with Crippen LogP contribution in [0.25, 0.3) is 0 Å². The van der Waals surface area contributed by atoms with Gasteiger partial charge in [0, 0.05) is 14.2 Å². The summed E-state index contributed by atoms with van der Waals surface area (Å²) in [6, 6.07) is 12.7. The molecule has 1 unspecified atom stereocenters. The third-order valence-electron chi connectivity index (χ3n) is 2.48. The number of thiophene rings is 1. The fourth-order valence-electron chi connectivity index (χ4n) is 1.59. The summed E-state index contributed by atoms with van der Waals surface area (Å²) < 4.78 is 1.24. The molecule has 1 heterocycles. The number of halogens is 2. The molecule has 0 saturated carbocycles. The van der Waals surface area contributed by atoms with E-state index in [1.807, 2.05) is 11.3 Å². The Morgan fingerprint density at radius 2 is 1.88 bits per heavy atom. The topological polar surface area (TPSA) is 0 Å². The molecule has 3 heteroatoms. The number of alkyl halides is 1. The lowest BCUT2D eigenvalue weighted by molar-refractivity contribution is 0.821. The molecule has 0 spiro atoms. The Morgan fingerprint density at radius 1 is 1.12 bits per heavy atom. The number of hydrogen-bond donors (Lipinski definition) is 0. The van der Waals surface area contributed by atoms with E-state index in [9.17, 15) is 0 Å². The Hall–Kier alpha value is -0.120. The van der Waals surface area contributed by atoms with Gasteiger partial charge >= 0.3 is 0 Å². The van der Waals surface area contributed by atoms with Gasteiger partial charge in [0.2, 0.25) is 0 Å². The van der Waals surface area contributed by atoms with E-state index >= 15 is 0 Å². The van der Waals surface area contributed by atoms with Crippen molar-refractivity contribution >= 4 is 43.2 Å². The van der Waals surface area contributed by atoms with Gasteiger partial charge in [-0.2, -0.15) is 0 Å². The van der Waals surface area contributed by atoms with E-state index in [1.54, 1.807) is 0 Å². The van der Waals surface area contributed by atoms with E-state index in [0.717, 1.165) is 12.8 Å². The van der Waals surface area contributed by atoms with Crippen molar-refractivity contribution in [2.75, 3.05) is 0 Å². The van der Waals surface area contributed by atoms with Crippen molar-refractivity contribution < 1.29 is 0 Å². The van der Waals surface area contributed by atoms with Gasteiger partial charge in [0.05, 0.1) is 0 Å². The molecule has 0 radical (unpaired) electrons. The van der Waals surface area contributed by atoms with Crippen LogP contribution < -0.4 is 0 Å². The minimum Gasteiger partial charge on any atom is -0.148 e. The maximum Gasteiger partial charge on any atom is 0.0398 e. The van der Waals surface area contributed by atoms with Crippen LogP contribution in [0.2, 0.25) is 0 Å². The molecular formula is C13H12Br2S. The third kappa shape index (κ3) is 3.19. The summed E-state index contributed by atoms with van der Waals surface area (Å²) in [5.41, 5.74) is 1.36. The van der Waals surface area contributed by atoms with Crippen LogP contribution in [0, 0.1) is 0 Å². The largest absolute Gasteiger partial charge is 0.148 e. The fraction of sp³-hybridized carbons (Fsp3) is 0.231. The molecule has 16 heavy (non-hydrogen) atoms. The first-order valence-electron chi connectivity index (χ1n) is 5.18. The SMILES string of the molecule is Brc1ccsc1CCC(Br)c1ccccc1. The Labute approximate surface area is 117 Å². The van der Waals surface area contributed by atoms with E-state index in [0.29, 0.717) is 4.83 Å². The van der Waals surface area contributed by atoms with E-state index in [1.165, 1.54) is 14.9 Å². The molecule has 84 valence electrons. The number of rotatable bonds is 4. The highest BCUT2D eigenvalue weighted by Gasteiger charge is 2.08. The number of aryl methyl sites for hydroxylation is 1. The second kappa shape index (κ2) is 5.99. The van der Waals surface area contributed by atoms with Crippen LogP contribution in [0.3, 0.4) is 0 Å². The molecule has 1 aromatic carbocycles. The van der Waals surface area contributed by atoms with Gasteiger partial charge in [0.25, 0.3) is 0 Å². The molecule has 2 aromatic rings. The molecule has 0 saturated heterocycles. The first-order valence-corrected chi connectivity index (χ1v) is 7.77. The highest BCUT2D eigenvalue weighted by molar-refractivity contribution is 9.10. The lowest BCUT2D eigenvalue weighted by Crippen LogP contribution is -1.92. The molecule has 0 aliphatic carbocycles. The van der Waals surface area contributed by atoms with Gasteiger partial charge in [0.15, 0.2) is 0 Å². The van der Waals surface area contributed by atoms with Crippen molar-refractivity contribution in [2.24, 2.45) is 0 Å². The number of benzene rings is 1. The van der Waals surface area contributed by atoms with Gasteiger partial charge in [0.1, 0.15) is 0 Å². The molecule has 0 N–H and O–H groups in total. The van der Waals surface area contributed by atoms with Crippen molar-refractivity contribution in [3.63, 3.8) is 0 Å². The van der Waals surface area contributed by atoms with Gasteiger partial charge in [-0.25, -0.2) is 0 Å². The molecular weight excluding hydrogens is 348 g/mol. The summed E-state index contributed by atoms with van der Waals surface area (Å²) in [6.45, 7) is 0. The lowest BCUT2D eigenvalue weighted by Gasteiger charge is -2.09. The normalized spacial score (nSPS) is 12.6. The minimum atomic E-state index is 0.447. The highest BCUT2D eigenvalue weighted by atomic mass is 79.9. The van der Waals surface area contributed by atoms with Crippen molar-refractivity contribution in [2.45, 2.75) is 17.7 Å². The first kappa shape index (κ1) is 12.3. The maximum absolute atomic E-state index is 3.75. The Bertz CT molecular complexity index is 436. The second-order valence-electron chi connectivity index (χ2n) is 3.61. The van der Waals surface area contributed by atoms with Gasteiger partial charge in [-0.15, -0.1) is 11.3 Å². The number of hydrogen-bond acceptors (Lipinski definition) is 1. The van der Waals surface area contributed by atoms with E-state index in [2.05, 4.69) is 73.6 Å². The molecule has 0 aliphatic rings. The molecule has 0 aliphatic heterocycles. The van der Waals surface area contributed by atoms with Crippen LogP contribution in [-0.4, -0.2) is 0 Å². The van der Waals surface area contributed by atoms with E-state index < -0.39 is 0 Å². The van der Waals surface area contributed by atoms with Crippen LogP contribution in [0.5, 0.6) is 0 Å². The minimum absolute atomic E-state index is 0.447. The standard InChI is InChI=1S/C13H12Br2S/c14-11(10-4-2-1-3-5-10)6-7-13-12(15)8-9-16-13/h1-5,8-9,11H,6-7H2. The van der Waals surface area contributed by atoms with Gasteiger partial charge in [-0.3, -0.25) is 0 Å². The molecule has 0 amide bonds. The third-order valence-corrected chi connectivity index (χ3v) is 5.45. The Balaban J connectivity index is 1.94. The van der Waals surface area contributed by atoms with Crippen molar-refractivity contribution in [1.82, 2.24) is 0 Å². The quantitative estimate of drug-likeness (QED) is 0.625. The van der Waals surface area contributed by atoms with Crippen molar-refractivity contribution in [1.29, 1.82) is 0 Å². The molecule has 1 aromatic heterocycles. The summed E-state index contributed by atoms with van der Waals surface area (Å²) in [6.07, 6.45) is 2.24. The molecule has 2 rings (SSSR count). The predicted molar refractivity (Wildman–Crippen MR) is 78.5 cm³/mol. The summed E-state index contributed by atoms with van der Waals surface area (Å²) in [5, 5.41) is 2.13. The Morgan fingerprint density at radius 3 is 2.50 bits per heavy atom. The summed E-state index contributed by atoms with van der Waals surface area (Å²) in [4.78, 5) is 1.88. The average molecular weight is 360 g/mol. The Kier molecular flexibility index (Phi) is 4.62. The monoisotopic (exact) mass is 358 g/mol. The second-order valence-corrected chi connectivity index (χ2v) is 6.57. The lowest BCUT2D eigenvalue weighted by atomic mass is 10.1. The molecule has 0 bridgehead atoms. The highest BCUT2D eigenvalue weighted by Crippen LogP contribution is 2.31. The zero-order valence-electron chi connectivity index (χ0n) is 8.70. The van der Waals surface area contributed by atoms with Gasteiger partial charge in [-0.05, 0) is 45.8 Å². The van der Waals surface area contributed by atoms with Gasteiger partial charge < -0.3 is 0 Å². The zero-order valence-corrected chi connectivity index (χ0v) is 12.7. The van der Waals surface area contributed by atoms with E-state index in [4.69, 9.17) is 0 Å². The van der Waals surface area contributed by atoms with Crippen molar-refractivity contribution in [3.05, 3.63) is 56.7 Å². The van der Waals surface area contributed by atoms with Crippen LogP contribution >= 0.6 is 43.2 Å². The molecule has 1 atom stereocenters. The van der Waals surface area contributed by atoms with Crippen molar-refractivity contribution in [3.8, 4) is 0 Å². The van der Waals surface area contributed by atoms with Crippen LogP contribution in [0.15, 0.2) is 46.3 Å². The van der Waals surface area contributed by atoms with E-state index in [-0.39, 0.29) is 0 Å². The summed E-state index contributed by atoms with van der Waals surface area (Å²) in [7, 11) is 0. The first-order chi connectivity index (χ1) is 7.77. The molecule has 0 nitrogen and oxygen atoms in total. The summed E-state index contributed by atoms with van der Waals surface area (Å²) in [5.74, 6) is 0. The van der Waals surface area contributed by atoms with Crippen LogP contribution in [-0.2, 0) is 6.42 Å². The summed E-state index contributed by atoms with van der Waals surface area (Å²) >= 11 is 9.13. The zero-order chi connectivity index (χ0) is 11.4. The average Bonchev–Trinajstić information content (AvgIpc) is 2.73. The predicted octanol–water partition coefficient (Wildman–Crippen LogP) is 5.58. The smallest absolute Gasteiger partial charge is 0.0398 e. The fourth-order valence-corrected chi connectivity index (χ4v) is 3.69.